The van der Waals surface area contributed by atoms with E-state index in [2.05, 4.69) is 14.5 Å². The van der Waals surface area contributed by atoms with Crippen LogP contribution in [-0.2, 0) is 16.6 Å². The highest BCUT2D eigenvalue weighted by Crippen LogP contribution is 2.19. The number of imidazole rings is 1. The van der Waals surface area contributed by atoms with E-state index in [-0.39, 0.29) is 4.90 Å². The summed E-state index contributed by atoms with van der Waals surface area (Å²) in [5.41, 5.74) is 1.07. The van der Waals surface area contributed by atoms with Crippen LogP contribution in [0.1, 0.15) is 0 Å². The average molecular weight is 415 g/mol. The Bertz CT molecular complexity index is 1060. The number of benzene rings is 2. The molecule has 0 unspecified atom stereocenters. The lowest BCUT2D eigenvalue weighted by Crippen LogP contribution is -2.49. The normalized spacial score (nSPS) is 16.2. The first-order chi connectivity index (χ1) is 14.0. The van der Waals surface area contributed by atoms with E-state index < -0.39 is 15.8 Å². The third-order valence-electron chi connectivity index (χ3n) is 5.17. The van der Waals surface area contributed by atoms with Gasteiger partial charge in [0.1, 0.15) is 11.6 Å². The van der Waals surface area contributed by atoms with Crippen LogP contribution in [0.25, 0.3) is 11.4 Å². The number of rotatable bonds is 6. The molecule has 0 atom stereocenters. The van der Waals surface area contributed by atoms with E-state index >= 15 is 0 Å². The van der Waals surface area contributed by atoms with E-state index in [1.54, 1.807) is 6.20 Å². The van der Waals surface area contributed by atoms with Gasteiger partial charge >= 0.3 is 0 Å². The maximum atomic E-state index is 13.4. The number of piperazine rings is 1. The Labute approximate surface area is 170 Å². The van der Waals surface area contributed by atoms with Gasteiger partial charge in [0.25, 0.3) is 0 Å². The zero-order chi connectivity index (χ0) is 20.3. The van der Waals surface area contributed by atoms with Gasteiger partial charge in [-0.05, 0) is 18.2 Å². The van der Waals surface area contributed by atoms with Crippen LogP contribution in [-0.4, -0.2) is 59.9 Å². The first kappa shape index (κ1) is 19.8. The molecule has 0 saturated carbocycles. The summed E-state index contributed by atoms with van der Waals surface area (Å²) in [5, 5.41) is 0. The SMILES string of the molecule is O=S(=O)(c1cccc(F)c1)N1CCN(CCn2ccnc2-c2ccccc2)CC1. The minimum atomic E-state index is -3.66. The lowest BCUT2D eigenvalue weighted by atomic mass is 10.2. The van der Waals surface area contributed by atoms with E-state index in [0.717, 1.165) is 30.5 Å². The summed E-state index contributed by atoms with van der Waals surface area (Å²) in [4.78, 5) is 6.71. The molecule has 0 radical (unpaired) electrons. The molecule has 1 aliphatic heterocycles. The van der Waals surface area contributed by atoms with Crippen LogP contribution >= 0.6 is 0 Å². The quantitative estimate of drug-likeness (QED) is 0.622. The van der Waals surface area contributed by atoms with Crippen LogP contribution in [0.2, 0.25) is 0 Å². The molecule has 0 bridgehead atoms. The van der Waals surface area contributed by atoms with Crippen molar-refractivity contribution in [3.05, 3.63) is 72.8 Å². The summed E-state index contributed by atoms with van der Waals surface area (Å²) in [6.45, 7) is 3.67. The molecule has 3 aromatic rings. The maximum Gasteiger partial charge on any atom is 0.243 e. The zero-order valence-electron chi connectivity index (χ0n) is 16.0. The second kappa shape index (κ2) is 8.44. The minimum absolute atomic E-state index is 0.0110. The van der Waals surface area contributed by atoms with E-state index in [1.165, 1.54) is 22.5 Å². The molecule has 0 amide bonds. The van der Waals surface area contributed by atoms with Crippen molar-refractivity contribution >= 4 is 10.0 Å². The minimum Gasteiger partial charge on any atom is -0.330 e. The van der Waals surface area contributed by atoms with Gasteiger partial charge in [-0.2, -0.15) is 4.31 Å². The molecule has 2 aromatic carbocycles. The molecule has 0 N–H and O–H groups in total. The first-order valence-corrected chi connectivity index (χ1v) is 11.0. The summed E-state index contributed by atoms with van der Waals surface area (Å²) in [5.74, 6) is 0.386. The molecule has 1 aliphatic rings. The van der Waals surface area contributed by atoms with Gasteiger partial charge in [-0.15, -0.1) is 0 Å². The van der Waals surface area contributed by atoms with Gasteiger partial charge in [0.2, 0.25) is 10.0 Å². The Balaban J connectivity index is 1.35. The fourth-order valence-corrected chi connectivity index (χ4v) is 5.01. The fraction of sp³-hybridized carbons (Fsp3) is 0.286. The van der Waals surface area contributed by atoms with Crippen molar-refractivity contribution in [1.82, 2.24) is 18.8 Å². The first-order valence-electron chi connectivity index (χ1n) is 9.59. The molecule has 1 saturated heterocycles. The van der Waals surface area contributed by atoms with E-state index in [0.29, 0.717) is 26.2 Å². The van der Waals surface area contributed by atoms with E-state index in [9.17, 15) is 12.8 Å². The predicted molar refractivity (Wildman–Crippen MR) is 109 cm³/mol. The van der Waals surface area contributed by atoms with Crippen LogP contribution < -0.4 is 0 Å². The van der Waals surface area contributed by atoms with Gasteiger partial charge in [0, 0.05) is 57.2 Å². The van der Waals surface area contributed by atoms with Gasteiger partial charge in [0.05, 0.1) is 4.90 Å². The maximum absolute atomic E-state index is 13.4. The lowest BCUT2D eigenvalue weighted by molar-refractivity contribution is 0.183. The van der Waals surface area contributed by atoms with Gasteiger partial charge in [-0.25, -0.2) is 17.8 Å². The molecular weight excluding hydrogens is 391 g/mol. The summed E-state index contributed by atoms with van der Waals surface area (Å²) >= 11 is 0. The molecule has 2 heterocycles. The molecule has 6 nitrogen and oxygen atoms in total. The fourth-order valence-electron chi connectivity index (χ4n) is 3.56. The standard InChI is InChI=1S/C21H23FN4O2S/c22-19-7-4-8-20(17-19)29(27,28)26-15-12-24(13-16-26)11-14-25-10-9-23-21(25)18-5-2-1-3-6-18/h1-10,17H,11-16H2. The van der Waals surface area contributed by atoms with Crippen molar-refractivity contribution in [2.75, 3.05) is 32.7 Å². The predicted octanol–water partition coefficient (Wildman–Crippen LogP) is 2.70. The number of sulfonamides is 1. The Morgan fingerprint density at radius 1 is 0.931 bits per heavy atom. The summed E-state index contributed by atoms with van der Waals surface area (Å²) in [6.07, 6.45) is 3.76. The lowest BCUT2D eigenvalue weighted by Gasteiger charge is -2.34. The van der Waals surface area contributed by atoms with Gasteiger partial charge in [-0.1, -0.05) is 36.4 Å². The molecule has 8 heteroatoms. The molecular formula is C21H23FN4O2S. The molecule has 29 heavy (non-hydrogen) atoms. The monoisotopic (exact) mass is 414 g/mol. The molecule has 0 spiro atoms. The summed E-state index contributed by atoms with van der Waals surface area (Å²) < 4.78 is 42.4. The van der Waals surface area contributed by atoms with Crippen LogP contribution in [0.5, 0.6) is 0 Å². The Morgan fingerprint density at radius 3 is 2.41 bits per heavy atom. The zero-order valence-corrected chi connectivity index (χ0v) is 16.8. The van der Waals surface area contributed by atoms with Gasteiger partial charge in [0.15, 0.2) is 0 Å². The number of hydrogen-bond donors (Lipinski definition) is 0. The highest BCUT2D eigenvalue weighted by atomic mass is 32.2. The third-order valence-corrected chi connectivity index (χ3v) is 7.06. The van der Waals surface area contributed by atoms with E-state index in [4.69, 9.17) is 0 Å². The number of aromatic nitrogens is 2. The van der Waals surface area contributed by atoms with Crippen molar-refractivity contribution in [2.24, 2.45) is 0 Å². The van der Waals surface area contributed by atoms with Crippen LogP contribution in [0, 0.1) is 5.82 Å². The molecule has 1 fully saturated rings. The number of nitrogens with zero attached hydrogens (tertiary/aromatic N) is 4. The number of halogens is 1. The topological polar surface area (TPSA) is 58.4 Å². The smallest absolute Gasteiger partial charge is 0.243 e. The summed E-state index contributed by atoms with van der Waals surface area (Å²) in [6, 6.07) is 15.2. The van der Waals surface area contributed by atoms with Crippen molar-refractivity contribution in [1.29, 1.82) is 0 Å². The average Bonchev–Trinajstić information content (AvgIpc) is 3.22. The summed E-state index contributed by atoms with van der Waals surface area (Å²) in [7, 11) is -3.66. The number of hydrogen-bond acceptors (Lipinski definition) is 4. The highest BCUT2D eigenvalue weighted by Gasteiger charge is 2.28. The van der Waals surface area contributed by atoms with Crippen molar-refractivity contribution in [3.63, 3.8) is 0 Å². The second-order valence-corrected chi connectivity index (χ2v) is 8.95. The van der Waals surface area contributed by atoms with Crippen LogP contribution in [0.3, 0.4) is 0 Å². The van der Waals surface area contributed by atoms with Crippen molar-refractivity contribution in [2.45, 2.75) is 11.4 Å². The molecule has 152 valence electrons. The molecule has 4 rings (SSSR count). The third kappa shape index (κ3) is 4.39. The van der Waals surface area contributed by atoms with Gasteiger partial charge in [-0.3, -0.25) is 4.90 Å². The van der Waals surface area contributed by atoms with Crippen molar-refractivity contribution in [3.8, 4) is 11.4 Å². The van der Waals surface area contributed by atoms with E-state index in [1.807, 2.05) is 36.5 Å². The highest BCUT2D eigenvalue weighted by molar-refractivity contribution is 7.89. The second-order valence-electron chi connectivity index (χ2n) is 7.01. The van der Waals surface area contributed by atoms with Crippen LogP contribution in [0.4, 0.5) is 4.39 Å². The van der Waals surface area contributed by atoms with Crippen LogP contribution in [0.15, 0.2) is 71.9 Å². The van der Waals surface area contributed by atoms with Crippen molar-refractivity contribution < 1.29 is 12.8 Å². The molecule has 1 aromatic heterocycles. The van der Waals surface area contributed by atoms with Gasteiger partial charge < -0.3 is 4.57 Å². The largest absolute Gasteiger partial charge is 0.330 e. The Kier molecular flexibility index (Phi) is 5.75. The Hall–Kier alpha value is -2.55. The molecule has 0 aliphatic carbocycles. The Morgan fingerprint density at radius 2 is 1.69 bits per heavy atom.